The van der Waals surface area contributed by atoms with Crippen molar-refractivity contribution in [2.45, 2.75) is 31.4 Å². The molecule has 1 aliphatic heterocycles. The molecule has 0 spiro atoms. The maximum atomic E-state index is 11.9. The van der Waals surface area contributed by atoms with Crippen molar-refractivity contribution in [3.8, 4) is 0 Å². The summed E-state index contributed by atoms with van der Waals surface area (Å²) in [5.41, 5.74) is 0. The van der Waals surface area contributed by atoms with Crippen LogP contribution < -0.4 is 5.32 Å². The molecule has 2 atom stereocenters. The lowest BCUT2D eigenvalue weighted by Gasteiger charge is -2.31. The van der Waals surface area contributed by atoms with Gasteiger partial charge in [-0.05, 0) is 19.3 Å². The van der Waals surface area contributed by atoms with Crippen LogP contribution in [0.4, 0.5) is 4.79 Å². The molecule has 1 aliphatic rings. The van der Waals surface area contributed by atoms with Gasteiger partial charge in [0.1, 0.15) is 15.9 Å². The third-order valence-electron chi connectivity index (χ3n) is 3.06. The van der Waals surface area contributed by atoms with Crippen LogP contribution in [-0.2, 0) is 14.6 Å². The Hall–Kier alpha value is -1.35. The molecule has 0 radical (unpaired) electrons. The summed E-state index contributed by atoms with van der Waals surface area (Å²) in [7, 11) is -3.29. The summed E-state index contributed by atoms with van der Waals surface area (Å²) in [6, 6.07) is -1.85. The van der Waals surface area contributed by atoms with Crippen molar-refractivity contribution in [2.24, 2.45) is 0 Å². The van der Waals surface area contributed by atoms with Gasteiger partial charge in [0.15, 0.2) is 0 Å². The summed E-state index contributed by atoms with van der Waals surface area (Å²) in [4.78, 5) is 24.2. The van der Waals surface area contributed by atoms with E-state index in [1.807, 2.05) is 0 Å². The number of amides is 2. The van der Waals surface area contributed by atoms with Gasteiger partial charge in [-0.2, -0.15) is 0 Å². The number of carbonyl (C=O) groups excluding carboxylic acids is 1. The molecule has 1 saturated heterocycles. The lowest BCUT2D eigenvalue weighted by molar-refractivity contribution is -0.139. The molecule has 0 saturated carbocycles. The molecule has 3 N–H and O–H groups in total. The number of nitrogens with zero attached hydrogens (tertiary/aromatic N) is 1. The number of aliphatic hydroxyl groups excluding tert-OH is 1. The summed E-state index contributed by atoms with van der Waals surface area (Å²) in [6.07, 6.45) is 1.48. The number of nitrogens with one attached hydrogen (secondary N) is 1. The highest BCUT2D eigenvalue weighted by molar-refractivity contribution is 7.90. The first-order valence-electron chi connectivity index (χ1n) is 6.33. The second-order valence-electron chi connectivity index (χ2n) is 5.00. The van der Waals surface area contributed by atoms with Crippen molar-refractivity contribution in [1.82, 2.24) is 10.2 Å². The first-order valence-corrected chi connectivity index (χ1v) is 8.39. The molecular weight excluding hydrogens is 288 g/mol. The van der Waals surface area contributed by atoms with Crippen LogP contribution >= 0.6 is 0 Å². The normalized spacial score (nSPS) is 21.3. The predicted molar refractivity (Wildman–Crippen MR) is 71.1 cm³/mol. The molecule has 9 heteroatoms. The van der Waals surface area contributed by atoms with Crippen molar-refractivity contribution in [3.63, 3.8) is 0 Å². The van der Waals surface area contributed by atoms with E-state index in [0.29, 0.717) is 19.4 Å². The van der Waals surface area contributed by atoms with Crippen molar-refractivity contribution in [1.29, 1.82) is 0 Å². The standard InChI is InChI=1S/C11H20N2O6S/c1-20(18,19)6-4-9(10(15)16)12-11(17)13-5-2-3-8(14)7-13/h8-9,14H,2-7H2,1H3,(H,12,17)(H,15,16). The topological polar surface area (TPSA) is 124 Å². The SMILES string of the molecule is CS(=O)(=O)CCC(NC(=O)N1CCCC(O)C1)C(=O)O. The molecule has 0 bridgehead atoms. The number of likely N-dealkylation sites (tertiary alicyclic amines) is 1. The zero-order valence-corrected chi connectivity index (χ0v) is 12.1. The van der Waals surface area contributed by atoms with Crippen molar-refractivity contribution in [2.75, 3.05) is 25.1 Å². The largest absolute Gasteiger partial charge is 0.480 e. The first-order chi connectivity index (χ1) is 9.19. The quantitative estimate of drug-likeness (QED) is 0.601. The van der Waals surface area contributed by atoms with Crippen LogP contribution in [0.3, 0.4) is 0 Å². The average Bonchev–Trinajstić information content (AvgIpc) is 2.32. The minimum atomic E-state index is -3.29. The lowest BCUT2D eigenvalue weighted by atomic mass is 10.1. The predicted octanol–water partition coefficient (Wildman–Crippen LogP) is -0.959. The highest BCUT2D eigenvalue weighted by Gasteiger charge is 2.27. The van der Waals surface area contributed by atoms with Gasteiger partial charge in [0, 0.05) is 19.3 Å². The van der Waals surface area contributed by atoms with Gasteiger partial charge in [0.25, 0.3) is 0 Å². The first kappa shape index (κ1) is 16.7. The summed E-state index contributed by atoms with van der Waals surface area (Å²) >= 11 is 0. The molecule has 116 valence electrons. The summed E-state index contributed by atoms with van der Waals surface area (Å²) in [6.45, 7) is 0.603. The van der Waals surface area contributed by atoms with Gasteiger partial charge >= 0.3 is 12.0 Å². The number of urea groups is 1. The van der Waals surface area contributed by atoms with E-state index >= 15 is 0 Å². The van der Waals surface area contributed by atoms with E-state index < -0.39 is 34.0 Å². The molecule has 20 heavy (non-hydrogen) atoms. The van der Waals surface area contributed by atoms with Crippen LogP contribution in [0.1, 0.15) is 19.3 Å². The van der Waals surface area contributed by atoms with Crippen molar-refractivity contribution < 1.29 is 28.2 Å². The highest BCUT2D eigenvalue weighted by Crippen LogP contribution is 2.10. The Bertz CT molecular complexity index is 464. The van der Waals surface area contributed by atoms with E-state index in [2.05, 4.69) is 5.32 Å². The number of sulfone groups is 1. The molecule has 0 aliphatic carbocycles. The second-order valence-corrected chi connectivity index (χ2v) is 7.26. The van der Waals surface area contributed by atoms with Crippen LogP contribution in [-0.4, -0.2) is 72.8 Å². The number of aliphatic hydroxyl groups is 1. The molecular formula is C11H20N2O6S. The number of rotatable bonds is 5. The molecule has 2 unspecified atom stereocenters. The monoisotopic (exact) mass is 308 g/mol. The molecule has 1 fully saturated rings. The fourth-order valence-corrected chi connectivity index (χ4v) is 2.63. The van der Waals surface area contributed by atoms with Gasteiger partial charge < -0.3 is 20.4 Å². The maximum Gasteiger partial charge on any atom is 0.326 e. The molecule has 0 aromatic heterocycles. The van der Waals surface area contributed by atoms with Crippen LogP contribution in [0.25, 0.3) is 0 Å². The minimum Gasteiger partial charge on any atom is -0.480 e. The van der Waals surface area contributed by atoms with E-state index in [-0.39, 0.29) is 18.7 Å². The van der Waals surface area contributed by atoms with Gasteiger partial charge in [-0.25, -0.2) is 18.0 Å². The smallest absolute Gasteiger partial charge is 0.326 e. The van der Waals surface area contributed by atoms with E-state index in [1.54, 1.807) is 0 Å². The molecule has 2 amide bonds. The zero-order chi connectivity index (χ0) is 15.3. The minimum absolute atomic E-state index is 0.157. The summed E-state index contributed by atoms with van der Waals surface area (Å²) < 4.78 is 22.1. The number of hydrogen-bond donors (Lipinski definition) is 3. The van der Waals surface area contributed by atoms with Crippen LogP contribution in [0, 0.1) is 0 Å². The molecule has 8 nitrogen and oxygen atoms in total. The zero-order valence-electron chi connectivity index (χ0n) is 11.3. The molecule has 0 aromatic carbocycles. The van der Waals surface area contributed by atoms with Crippen molar-refractivity contribution in [3.05, 3.63) is 0 Å². The number of hydrogen-bond acceptors (Lipinski definition) is 5. The molecule has 1 rings (SSSR count). The van der Waals surface area contributed by atoms with Gasteiger partial charge in [-0.1, -0.05) is 0 Å². The van der Waals surface area contributed by atoms with Gasteiger partial charge in [0.05, 0.1) is 11.9 Å². The van der Waals surface area contributed by atoms with E-state index in [4.69, 9.17) is 5.11 Å². The second kappa shape index (κ2) is 6.89. The third-order valence-corrected chi connectivity index (χ3v) is 4.03. The Labute approximate surface area is 117 Å². The third kappa shape index (κ3) is 5.74. The van der Waals surface area contributed by atoms with Crippen LogP contribution in [0.2, 0.25) is 0 Å². The molecule has 1 heterocycles. The van der Waals surface area contributed by atoms with Crippen LogP contribution in [0.5, 0.6) is 0 Å². The lowest BCUT2D eigenvalue weighted by Crippen LogP contribution is -2.52. The number of aliphatic carboxylic acids is 1. The summed E-state index contributed by atoms with van der Waals surface area (Å²) in [5, 5.41) is 20.7. The highest BCUT2D eigenvalue weighted by atomic mass is 32.2. The van der Waals surface area contributed by atoms with Crippen LogP contribution in [0.15, 0.2) is 0 Å². The number of piperidine rings is 1. The Morgan fingerprint density at radius 3 is 2.60 bits per heavy atom. The van der Waals surface area contributed by atoms with Gasteiger partial charge in [-0.15, -0.1) is 0 Å². The fourth-order valence-electron chi connectivity index (χ4n) is 1.97. The number of carboxylic acids is 1. The molecule has 0 aromatic rings. The Morgan fingerprint density at radius 1 is 1.45 bits per heavy atom. The van der Waals surface area contributed by atoms with Gasteiger partial charge in [0.2, 0.25) is 0 Å². The summed E-state index contributed by atoms with van der Waals surface area (Å²) in [5.74, 6) is -1.59. The average molecular weight is 308 g/mol. The Kier molecular flexibility index (Phi) is 5.75. The van der Waals surface area contributed by atoms with E-state index in [9.17, 15) is 23.1 Å². The number of carbonyl (C=O) groups is 2. The number of carboxylic acid groups (broad SMARTS) is 1. The maximum absolute atomic E-state index is 11.9. The number of β-amino-alcohol motifs (C(OH)–C–C–N with tert-alkyl or cyclic N) is 1. The van der Waals surface area contributed by atoms with Gasteiger partial charge in [-0.3, -0.25) is 0 Å². The Balaban J connectivity index is 2.56. The van der Waals surface area contributed by atoms with E-state index in [1.165, 1.54) is 4.90 Å². The fraction of sp³-hybridized carbons (Fsp3) is 0.818. The van der Waals surface area contributed by atoms with E-state index in [0.717, 1.165) is 6.26 Å². The Morgan fingerprint density at radius 2 is 2.10 bits per heavy atom. The van der Waals surface area contributed by atoms with Crippen molar-refractivity contribution >= 4 is 21.8 Å².